The summed E-state index contributed by atoms with van der Waals surface area (Å²) >= 11 is 0. The first-order valence-electron chi connectivity index (χ1n) is 9.67. The Morgan fingerprint density at radius 3 is 2.27 bits per heavy atom. The number of anilines is 1. The summed E-state index contributed by atoms with van der Waals surface area (Å²) in [5.41, 5.74) is 1.18. The van der Waals surface area contributed by atoms with Gasteiger partial charge in [0.15, 0.2) is 0 Å². The second kappa shape index (κ2) is 9.69. The average Bonchev–Trinajstić information content (AvgIpc) is 3.15. The van der Waals surface area contributed by atoms with Crippen LogP contribution in [0, 0.1) is 0 Å². The van der Waals surface area contributed by atoms with Gasteiger partial charge >= 0.3 is 0 Å². The molecule has 8 nitrogen and oxygen atoms in total. The van der Waals surface area contributed by atoms with Crippen molar-refractivity contribution in [1.82, 2.24) is 15.1 Å². The van der Waals surface area contributed by atoms with Crippen molar-refractivity contribution in [2.45, 2.75) is 6.92 Å². The minimum Gasteiger partial charge on any atom is -0.355 e. The second-order valence-electron chi connectivity index (χ2n) is 6.97. The first-order chi connectivity index (χ1) is 14.5. The van der Waals surface area contributed by atoms with Crippen LogP contribution < -0.4 is 10.2 Å². The van der Waals surface area contributed by atoms with Crippen molar-refractivity contribution in [3.8, 4) is 0 Å². The molecule has 0 unspecified atom stereocenters. The summed E-state index contributed by atoms with van der Waals surface area (Å²) < 4.78 is 0. The summed E-state index contributed by atoms with van der Waals surface area (Å²) in [4.78, 5) is 53.7. The maximum absolute atomic E-state index is 12.9. The number of benzene rings is 2. The Morgan fingerprint density at radius 1 is 1.00 bits per heavy atom. The van der Waals surface area contributed by atoms with Crippen LogP contribution >= 0.6 is 0 Å². The standard InChI is InChI=1S/C22H24N4O4/c1-17(27)23-12-13-24(22(30)18-8-4-2-5-9-18)14-20(28)25-15-21(29)26(16-25)19-10-6-3-7-11-19/h2-11H,12-16H2,1H3,(H,23,27). The molecule has 1 N–H and O–H groups in total. The Hall–Kier alpha value is -3.68. The smallest absolute Gasteiger partial charge is 0.254 e. The van der Waals surface area contributed by atoms with E-state index in [1.165, 1.54) is 16.7 Å². The first kappa shape index (κ1) is 21.0. The van der Waals surface area contributed by atoms with E-state index < -0.39 is 0 Å². The Labute approximate surface area is 175 Å². The van der Waals surface area contributed by atoms with E-state index in [0.29, 0.717) is 5.56 Å². The lowest BCUT2D eigenvalue weighted by Crippen LogP contribution is -2.45. The summed E-state index contributed by atoms with van der Waals surface area (Å²) in [6, 6.07) is 17.8. The number of hydrogen-bond donors (Lipinski definition) is 1. The highest BCUT2D eigenvalue weighted by molar-refractivity contribution is 6.01. The first-order valence-corrected chi connectivity index (χ1v) is 9.67. The maximum Gasteiger partial charge on any atom is 0.254 e. The van der Waals surface area contributed by atoms with Crippen molar-refractivity contribution in [3.63, 3.8) is 0 Å². The topological polar surface area (TPSA) is 90.0 Å². The molecule has 0 saturated carbocycles. The predicted molar refractivity (Wildman–Crippen MR) is 112 cm³/mol. The van der Waals surface area contributed by atoms with Gasteiger partial charge in [-0.25, -0.2) is 0 Å². The Balaban J connectivity index is 1.68. The molecular weight excluding hydrogens is 384 g/mol. The quantitative estimate of drug-likeness (QED) is 0.743. The minimum atomic E-state index is -0.325. The molecule has 2 aromatic carbocycles. The molecule has 0 aromatic heterocycles. The molecule has 1 aliphatic rings. The number of carbonyl (C=O) groups excluding carboxylic acids is 4. The highest BCUT2D eigenvalue weighted by Gasteiger charge is 2.33. The Bertz CT molecular complexity index is 917. The highest BCUT2D eigenvalue weighted by Crippen LogP contribution is 2.19. The summed E-state index contributed by atoms with van der Waals surface area (Å²) in [5.74, 6) is -1.01. The Kier molecular flexibility index (Phi) is 6.79. The van der Waals surface area contributed by atoms with E-state index >= 15 is 0 Å². The zero-order chi connectivity index (χ0) is 21.5. The van der Waals surface area contributed by atoms with Gasteiger partial charge in [-0.15, -0.1) is 0 Å². The molecule has 3 rings (SSSR count). The summed E-state index contributed by atoms with van der Waals surface area (Å²) in [7, 11) is 0. The van der Waals surface area contributed by atoms with Gasteiger partial charge in [0.1, 0.15) is 19.8 Å². The minimum absolute atomic E-state index is 0.0349. The summed E-state index contributed by atoms with van der Waals surface area (Å²) in [5, 5.41) is 2.64. The van der Waals surface area contributed by atoms with Crippen LogP contribution in [0.3, 0.4) is 0 Å². The van der Waals surface area contributed by atoms with E-state index in [4.69, 9.17) is 0 Å². The van der Waals surface area contributed by atoms with Gasteiger partial charge in [0.25, 0.3) is 5.91 Å². The largest absolute Gasteiger partial charge is 0.355 e. The molecule has 0 atom stereocenters. The van der Waals surface area contributed by atoms with Crippen LogP contribution in [0.1, 0.15) is 17.3 Å². The SMILES string of the molecule is CC(=O)NCCN(CC(=O)N1CC(=O)N(c2ccccc2)C1)C(=O)c1ccccc1. The van der Waals surface area contributed by atoms with Gasteiger partial charge in [-0.3, -0.25) is 24.1 Å². The zero-order valence-corrected chi connectivity index (χ0v) is 16.8. The molecule has 30 heavy (non-hydrogen) atoms. The molecular formula is C22H24N4O4. The lowest BCUT2D eigenvalue weighted by molar-refractivity contribution is -0.132. The van der Waals surface area contributed by atoms with E-state index in [2.05, 4.69) is 5.32 Å². The van der Waals surface area contributed by atoms with Crippen molar-refractivity contribution in [1.29, 1.82) is 0 Å². The van der Waals surface area contributed by atoms with Crippen molar-refractivity contribution >= 4 is 29.3 Å². The van der Waals surface area contributed by atoms with E-state index in [1.54, 1.807) is 35.2 Å². The monoisotopic (exact) mass is 408 g/mol. The molecule has 0 radical (unpaired) electrons. The average molecular weight is 408 g/mol. The number of carbonyl (C=O) groups is 4. The van der Waals surface area contributed by atoms with Gasteiger partial charge in [-0.2, -0.15) is 0 Å². The fourth-order valence-corrected chi connectivity index (χ4v) is 3.19. The van der Waals surface area contributed by atoms with Gasteiger partial charge < -0.3 is 15.1 Å². The molecule has 4 amide bonds. The number of para-hydroxylation sites is 1. The summed E-state index contributed by atoms with van der Waals surface area (Å²) in [6.45, 7) is 1.73. The maximum atomic E-state index is 12.9. The van der Waals surface area contributed by atoms with E-state index in [-0.39, 0.29) is 56.5 Å². The van der Waals surface area contributed by atoms with Crippen molar-refractivity contribution in [2.24, 2.45) is 0 Å². The zero-order valence-electron chi connectivity index (χ0n) is 16.8. The lowest BCUT2D eigenvalue weighted by Gasteiger charge is -2.25. The fourth-order valence-electron chi connectivity index (χ4n) is 3.19. The van der Waals surface area contributed by atoms with Crippen LogP contribution in [0.25, 0.3) is 0 Å². The number of nitrogens with zero attached hydrogens (tertiary/aromatic N) is 3. The van der Waals surface area contributed by atoms with E-state index in [9.17, 15) is 19.2 Å². The van der Waals surface area contributed by atoms with Gasteiger partial charge in [-0.1, -0.05) is 36.4 Å². The molecule has 1 heterocycles. The van der Waals surface area contributed by atoms with Crippen LogP contribution in [-0.4, -0.2) is 66.3 Å². The van der Waals surface area contributed by atoms with E-state index in [1.807, 2.05) is 30.3 Å². The fraction of sp³-hybridized carbons (Fsp3) is 0.273. The van der Waals surface area contributed by atoms with Crippen molar-refractivity contribution < 1.29 is 19.2 Å². The molecule has 1 saturated heterocycles. The normalized spacial score (nSPS) is 13.3. The third kappa shape index (κ3) is 5.22. The molecule has 8 heteroatoms. The van der Waals surface area contributed by atoms with Gasteiger partial charge in [0.2, 0.25) is 17.7 Å². The summed E-state index contributed by atoms with van der Waals surface area (Å²) in [6.07, 6.45) is 0. The number of rotatable bonds is 7. The second-order valence-corrected chi connectivity index (χ2v) is 6.97. The van der Waals surface area contributed by atoms with Crippen LogP contribution in [0.5, 0.6) is 0 Å². The number of amides is 4. The number of nitrogens with one attached hydrogen (secondary N) is 1. The van der Waals surface area contributed by atoms with E-state index in [0.717, 1.165) is 5.69 Å². The van der Waals surface area contributed by atoms with Crippen molar-refractivity contribution in [2.75, 3.05) is 37.7 Å². The Morgan fingerprint density at radius 2 is 1.63 bits per heavy atom. The highest BCUT2D eigenvalue weighted by atomic mass is 16.2. The van der Waals surface area contributed by atoms with Gasteiger partial charge in [0, 0.05) is 31.3 Å². The molecule has 1 aliphatic heterocycles. The van der Waals surface area contributed by atoms with Gasteiger partial charge in [-0.05, 0) is 24.3 Å². The van der Waals surface area contributed by atoms with Crippen LogP contribution in [0.2, 0.25) is 0 Å². The lowest BCUT2D eigenvalue weighted by atomic mass is 10.2. The molecule has 1 fully saturated rings. The van der Waals surface area contributed by atoms with Crippen molar-refractivity contribution in [3.05, 3.63) is 66.2 Å². The molecule has 0 spiro atoms. The predicted octanol–water partition coefficient (Wildman–Crippen LogP) is 1.10. The third-order valence-electron chi connectivity index (χ3n) is 4.75. The van der Waals surface area contributed by atoms with Gasteiger partial charge in [0.05, 0.1) is 0 Å². The van der Waals surface area contributed by atoms with Crippen LogP contribution in [-0.2, 0) is 14.4 Å². The number of hydrogen-bond acceptors (Lipinski definition) is 4. The molecule has 156 valence electrons. The van der Waals surface area contributed by atoms with Crippen LogP contribution in [0.15, 0.2) is 60.7 Å². The molecule has 0 bridgehead atoms. The molecule has 0 aliphatic carbocycles. The third-order valence-corrected chi connectivity index (χ3v) is 4.75. The molecule has 2 aromatic rings. The van der Waals surface area contributed by atoms with Crippen LogP contribution in [0.4, 0.5) is 5.69 Å².